The molecule has 4 heteroatoms. The van der Waals surface area contributed by atoms with Gasteiger partial charge < -0.3 is 15.0 Å². The van der Waals surface area contributed by atoms with Crippen LogP contribution in [0.3, 0.4) is 0 Å². The lowest BCUT2D eigenvalue weighted by atomic mass is 9.73. The fraction of sp³-hybridized carbons (Fsp3) is 0.933. The van der Waals surface area contributed by atoms with Gasteiger partial charge in [0.2, 0.25) is 5.91 Å². The van der Waals surface area contributed by atoms with Gasteiger partial charge in [-0.05, 0) is 31.6 Å². The molecule has 0 aromatic rings. The Morgan fingerprint density at radius 1 is 1.26 bits per heavy atom. The molecule has 0 unspecified atom stereocenters. The van der Waals surface area contributed by atoms with Gasteiger partial charge in [-0.25, -0.2) is 0 Å². The molecule has 1 N–H and O–H groups in total. The van der Waals surface area contributed by atoms with E-state index in [1.165, 1.54) is 38.5 Å². The quantitative estimate of drug-likeness (QED) is 0.783. The molecule has 3 fully saturated rings. The molecule has 108 valence electrons. The summed E-state index contributed by atoms with van der Waals surface area (Å²) in [6, 6.07) is -0.132. The topological polar surface area (TPSA) is 41.6 Å². The van der Waals surface area contributed by atoms with E-state index in [0.29, 0.717) is 5.41 Å². The van der Waals surface area contributed by atoms with Crippen LogP contribution in [0.15, 0.2) is 0 Å². The Kier molecular flexibility index (Phi) is 3.81. The van der Waals surface area contributed by atoms with E-state index >= 15 is 0 Å². The first-order valence-corrected chi connectivity index (χ1v) is 7.84. The monoisotopic (exact) mass is 266 g/mol. The maximum atomic E-state index is 12.6. The van der Waals surface area contributed by atoms with Crippen LogP contribution in [0.5, 0.6) is 0 Å². The molecular weight excluding hydrogens is 240 g/mol. The van der Waals surface area contributed by atoms with Gasteiger partial charge in [0.15, 0.2) is 0 Å². The average Bonchev–Trinajstić information content (AvgIpc) is 2.83. The van der Waals surface area contributed by atoms with Gasteiger partial charge in [0.1, 0.15) is 6.04 Å². The Morgan fingerprint density at radius 2 is 2.05 bits per heavy atom. The highest BCUT2D eigenvalue weighted by molar-refractivity contribution is 5.83. The van der Waals surface area contributed by atoms with Crippen LogP contribution in [0, 0.1) is 5.41 Å². The smallest absolute Gasteiger partial charge is 0.242 e. The van der Waals surface area contributed by atoms with Gasteiger partial charge in [-0.3, -0.25) is 4.79 Å². The Bertz CT molecular complexity index is 339. The highest BCUT2D eigenvalue weighted by Gasteiger charge is 2.42. The molecule has 2 atom stereocenters. The number of ether oxygens (including phenoxy) is 1. The van der Waals surface area contributed by atoms with E-state index in [1.54, 1.807) is 0 Å². The zero-order chi connectivity index (χ0) is 13.3. The van der Waals surface area contributed by atoms with Crippen molar-refractivity contribution in [3.05, 3.63) is 0 Å². The lowest BCUT2D eigenvalue weighted by Gasteiger charge is -2.35. The molecule has 1 aliphatic carbocycles. The Labute approximate surface area is 115 Å². The Morgan fingerprint density at radius 3 is 2.79 bits per heavy atom. The maximum absolute atomic E-state index is 12.6. The Balaban J connectivity index is 1.62. The summed E-state index contributed by atoms with van der Waals surface area (Å²) in [5, 5.41) is 3.32. The first kappa shape index (κ1) is 13.4. The largest absolute Gasteiger partial charge is 0.375 e. The summed E-state index contributed by atoms with van der Waals surface area (Å²) in [5.41, 5.74) is 0.451. The van der Waals surface area contributed by atoms with Crippen molar-refractivity contribution >= 4 is 5.91 Å². The van der Waals surface area contributed by atoms with Crippen molar-refractivity contribution in [1.29, 1.82) is 0 Å². The minimum absolute atomic E-state index is 0.00385. The first-order valence-electron chi connectivity index (χ1n) is 7.84. The van der Waals surface area contributed by atoms with Crippen molar-refractivity contribution in [3.8, 4) is 0 Å². The molecule has 19 heavy (non-hydrogen) atoms. The summed E-state index contributed by atoms with van der Waals surface area (Å²) in [6.07, 6.45) is 7.93. The standard InChI is InChI=1S/C15H26N2O2/c1-12-13(16-8-10-19-12)14(18)17-9-7-15(11-17)5-3-2-4-6-15/h12-13,16H,2-11H2,1H3/t12-,13+/m1/s1. The lowest BCUT2D eigenvalue weighted by molar-refractivity contribution is -0.138. The normalized spacial score (nSPS) is 34.7. The lowest BCUT2D eigenvalue weighted by Crippen LogP contribution is -2.56. The fourth-order valence-electron chi connectivity index (χ4n) is 4.04. The van der Waals surface area contributed by atoms with Gasteiger partial charge in [0, 0.05) is 19.6 Å². The molecule has 3 aliphatic rings. The average molecular weight is 266 g/mol. The van der Waals surface area contributed by atoms with E-state index in [1.807, 2.05) is 6.92 Å². The predicted molar refractivity (Wildman–Crippen MR) is 73.9 cm³/mol. The SMILES string of the molecule is C[C@H]1OCCN[C@@H]1C(=O)N1CCC2(CCCCC2)C1. The van der Waals surface area contributed by atoms with Crippen molar-refractivity contribution in [2.24, 2.45) is 5.41 Å². The molecule has 2 saturated heterocycles. The van der Waals surface area contributed by atoms with E-state index in [-0.39, 0.29) is 18.1 Å². The van der Waals surface area contributed by atoms with Gasteiger partial charge in [-0.1, -0.05) is 19.3 Å². The number of nitrogens with one attached hydrogen (secondary N) is 1. The van der Waals surface area contributed by atoms with Crippen LogP contribution in [0.25, 0.3) is 0 Å². The summed E-state index contributed by atoms with van der Waals surface area (Å²) >= 11 is 0. The molecule has 0 aromatic carbocycles. The molecular formula is C15H26N2O2. The van der Waals surface area contributed by atoms with E-state index < -0.39 is 0 Å². The molecule has 1 amide bonds. The van der Waals surface area contributed by atoms with Crippen LogP contribution in [0.2, 0.25) is 0 Å². The number of morpholine rings is 1. The van der Waals surface area contributed by atoms with Gasteiger partial charge in [0.25, 0.3) is 0 Å². The highest BCUT2D eigenvalue weighted by atomic mass is 16.5. The molecule has 0 radical (unpaired) electrons. The molecule has 3 rings (SSSR count). The molecule has 0 aromatic heterocycles. The number of hydrogen-bond acceptors (Lipinski definition) is 3. The number of hydrogen-bond donors (Lipinski definition) is 1. The first-order chi connectivity index (χ1) is 9.20. The zero-order valence-corrected chi connectivity index (χ0v) is 12.0. The third kappa shape index (κ3) is 2.65. The maximum Gasteiger partial charge on any atom is 0.242 e. The van der Waals surface area contributed by atoms with E-state index in [4.69, 9.17) is 4.74 Å². The van der Waals surface area contributed by atoms with Crippen LogP contribution < -0.4 is 5.32 Å². The molecule has 1 spiro atoms. The van der Waals surface area contributed by atoms with E-state index in [9.17, 15) is 4.79 Å². The second-order valence-corrected chi connectivity index (χ2v) is 6.58. The second kappa shape index (κ2) is 5.41. The summed E-state index contributed by atoms with van der Waals surface area (Å²) in [7, 11) is 0. The van der Waals surface area contributed by atoms with Crippen molar-refractivity contribution in [2.45, 2.75) is 57.6 Å². The predicted octanol–water partition coefficient (Wildman–Crippen LogP) is 1.55. The van der Waals surface area contributed by atoms with Gasteiger partial charge in [-0.2, -0.15) is 0 Å². The number of amides is 1. The van der Waals surface area contributed by atoms with Crippen LogP contribution in [0.1, 0.15) is 45.4 Å². The number of carbonyl (C=O) groups excluding carboxylic acids is 1. The number of carbonyl (C=O) groups is 1. The summed E-state index contributed by atoms with van der Waals surface area (Å²) in [4.78, 5) is 14.7. The van der Waals surface area contributed by atoms with Crippen LogP contribution in [-0.2, 0) is 9.53 Å². The number of likely N-dealkylation sites (tertiary alicyclic amines) is 1. The van der Waals surface area contributed by atoms with Gasteiger partial charge in [-0.15, -0.1) is 0 Å². The molecule has 1 saturated carbocycles. The summed E-state index contributed by atoms with van der Waals surface area (Å²) in [6.45, 7) is 5.44. The summed E-state index contributed by atoms with van der Waals surface area (Å²) in [5.74, 6) is 0.259. The second-order valence-electron chi connectivity index (χ2n) is 6.58. The van der Waals surface area contributed by atoms with E-state index in [2.05, 4.69) is 10.2 Å². The molecule has 4 nitrogen and oxygen atoms in total. The van der Waals surface area contributed by atoms with Crippen LogP contribution in [-0.4, -0.2) is 49.2 Å². The summed E-state index contributed by atoms with van der Waals surface area (Å²) < 4.78 is 5.60. The Hall–Kier alpha value is -0.610. The van der Waals surface area contributed by atoms with Crippen molar-refractivity contribution in [2.75, 3.05) is 26.2 Å². The number of rotatable bonds is 1. The van der Waals surface area contributed by atoms with Crippen molar-refractivity contribution in [3.63, 3.8) is 0 Å². The fourth-order valence-corrected chi connectivity index (χ4v) is 4.04. The van der Waals surface area contributed by atoms with Crippen LogP contribution >= 0.6 is 0 Å². The van der Waals surface area contributed by atoms with Crippen LogP contribution in [0.4, 0.5) is 0 Å². The zero-order valence-electron chi connectivity index (χ0n) is 12.0. The van der Waals surface area contributed by atoms with E-state index in [0.717, 1.165) is 26.2 Å². The molecule has 0 bridgehead atoms. The van der Waals surface area contributed by atoms with Gasteiger partial charge in [0.05, 0.1) is 12.7 Å². The third-order valence-corrected chi connectivity index (χ3v) is 5.25. The molecule has 2 heterocycles. The van der Waals surface area contributed by atoms with Crippen molar-refractivity contribution < 1.29 is 9.53 Å². The minimum atomic E-state index is -0.132. The highest BCUT2D eigenvalue weighted by Crippen LogP contribution is 2.43. The van der Waals surface area contributed by atoms with Crippen molar-refractivity contribution in [1.82, 2.24) is 10.2 Å². The number of nitrogens with zero attached hydrogens (tertiary/aromatic N) is 1. The molecule has 2 aliphatic heterocycles. The third-order valence-electron chi connectivity index (χ3n) is 5.25. The minimum Gasteiger partial charge on any atom is -0.375 e. The van der Waals surface area contributed by atoms with Gasteiger partial charge >= 0.3 is 0 Å².